The molecule has 0 radical (unpaired) electrons. The van der Waals surface area contributed by atoms with E-state index in [1.807, 2.05) is 13.1 Å². The Balaban J connectivity index is 1.35. The summed E-state index contributed by atoms with van der Waals surface area (Å²) in [6.45, 7) is 1.46. The molecule has 1 amide bonds. The molecular formula is C28H34N2O11. The molecule has 222 valence electrons. The highest BCUT2D eigenvalue weighted by atomic mass is 16.6. The summed E-state index contributed by atoms with van der Waals surface area (Å²) in [4.78, 5) is 50.9. The van der Waals surface area contributed by atoms with Gasteiger partial charge in [-0.15, -0.1) is 0 Å². The summed E-state index contributed by atoms with van der Waals surface area (Å²) in [5.74, 6) is -3.52. The van der Waals surface area contributed by atoms with Crippen LogP contribution in [0.3, 0.4) is 0 Å². The van der Waals surface area contributed by atoms with Crippen LogP contribution in [0.25, 0.3) is 0 Å². The second kappa shape index (κ2) is 10.6. The van der Waals surface area contributed by atoms with E-state index >= 15 is 0 Å². The molecule has 4 aliphatic rings. The van der Waals surface area contributed by atoms with E-state index in [0.29, 0.717) is 19.4 Å². The number of nitrogens with zero attached hydrogens (tertiary/aromatic N) is 1. The maximum Gasteiger partial charge on any atom is 0.352 e. The molecule has 0 saturated carbocycles. The highest BCUT2D eigenvalue weighted by Gasteiger charge is 2.72. The Labute approximate surface area is 235 Å². The summed E-state index contributed by atoms with van der Waals surface area (Å²) in [5.41, 5.74) is -0.522. The molecule has 2 heterocycles. The third-order valence-electron chi connectivity index (χ3n) is 8.80. The number of aromatic hydroxyl groups is 1. The topological polar surface area (TPSA) is 192 Å². The smallest absolute Gasteiger partial charge is 0.352 e. The van der Waals surface area contributed by atoms with E-state index in [0.717, 1.165) is 11.1 Å². The highest BCUT2D eigenvalue weighted by Crippen LogP contribution is 2.65. The quantitative estimate of drug-likeness (QED) is 0.233. The summed E-state index contributed by atoms with van der Waals surface area (Å²) in [7, 11) is 1.96. The molecule has 2 aliphatic carbocycles. The van der Waals surface area contributed by atoms with Crippen LogP contribution >= 0.6 is 0 Å². The van der Waals surface area contributed by atoms with Crippen LogP contribution in [-0.2, 0) is 40.5 Å². The lowest BCUT2D eigenvalue weighted by atomic mass is 9.50. The molecule has 1 saturated heterocycles. The molecule has 2 bridgehead atoms. The number of hydrogen-bond donors (Lipinski definition) is 5. The Bertz CT molecular complexity index is 1310. The van der Waals surface area contributed by atoms with Crippen LogP contribution in [0.2, 0.25) is 0 Å². The zero-order valence-electron chi connectivity index (χ0n) is 22.8. The predicted molar refractivity (Wildman–Crippen MR) is 139 cm³/mol. The number of phenolic OH excluding ortho intramolecular Hbond substituents is 1. The van der Waals surface area contributed by atoms with Crippen molar-refractivity contribution in [1.82, 2.24) is 10.2 Å². The molecule has 5 rings (SSSR count). The number of phenols is 1. The van der Waals surface area contributed by atoms with Crippen molar-refractivity contribution in [1.29, 1.82) is 0 Å². The van der Waals surface area contributed by atoms with E-state index in [-0.39, 0.29) is 42.6 Å². The van der Waals surface area contributed by atoms with Crippen molar-refractivity contribution in [2.45, 2.75) is 80.8 Å². The van der Waals surface area contributed by atoms with Gasteiger partial charge in [-0.05, 0) is 57.5 Å². The van der Waals surface area contributed by atoms with Crippen LogP contribution in [0.15, 0.2) is 24.0 Å². The van der Waals surface area contributed by atoms with E-state index in [1.165, 1.54) is 6.92 Å². The number of piperidine rings is 1. The lowest BCUT2D eigenvalue weighted by Crippen LogP contribution is -2.74. The van der Waals surface area contributed by atoms with Crippen molar-refractivity contribution in [3.63, 3.8) is 0 Å². The van der Waals surface area contributed by atoms with E-state index in [2.05, 4.69) is 10.2 Å². The molecule has 41 heavy (non-hydrogen) atoms. The van der Waals surface area contributed by atoms with Crippen LogP contribution in [0.4, 0.5) is 0 Å². The van der Waals surface area contributed by atoms with Crippen molar-refractivity contribution >= 4 is 23.8 Å². The first-order chi connectivity index (χ1) is 19.4. The van der Waals surface area contributed by atoms with Gasteiger partial charge in [0.25, 0.3) is 0 Å². The van der Waals surface area contributed by atoms with E-state index < -0.39 is 66.1 Å². The second-order valence-electron chi connectivity index (χ2n) is 11.1. The largest absolute Gasteiger partial charge is 0.504 e. The average Bonchev–Trinajstić information content (AvgIpc) is 3.27. The van der Waals surface area contributed by atoms with Gasteiger partial charge in [-0.3, -0.25) is 9.59 Å². The number of nitrogens with one attached hydrogen (secondary N) is 1. The number of carbonyl (C=O) groups excluding carboxylic acids is 3. The Hall–Kier alpha value is -3.68. The van der Waals surface area contributed by atoms with Crippen molar-refractivity contribution in [2.24, 2.45) is 0 Å². The number of carboxylic acid groups (broad SMARTS) is 1. The molecule has 6 atom stereocenters. The standard InChI is InChI=1S/C28H34N2O11/c1-14(39-26(37)16(4-6-21(34)35)29-20(33)8-12-31)25(36)40-18-7-9-28(38)19-13-15-3-5-17(32)23-22(15)27(28,24(18)41-23)10-11-30(19)2/h3,5,7,14,16,19,24,31-32,38H,4,6,8-13H2,1-2H3,(H,29,33)(H,34,35)/t14-,16-,19+,24?,27?,28+/m0/s1. The first-order valence-corrected chi connectivity index (χ1v) is 13.6. The average molecular weight is 575 g/mol. The van der Waals surface area contributed by atoms with E-state index in [1.54, 1.807) is 12.1 Å². The van der Waals surface area contributed by atoms with Crippen LogP contribution in [0.1, 0.15) is 50.2 Å². The Morgan fingerprint density at radius 1 is 1.22 bits per heavy atom. The summed E-state index contributed by atoms with van der Waals surface area (Å²) in [5, 5.41) is 43.1. The number of likely N-dealkylation sites (tertiary alicyclic amines) is 1. The number of carbonyl (C=O) groups is 4. The van der Waals surface area contributed by atoms with Gasteiger partial charge in [0.15, 0.2) is 23.7 Å². The SMILES string of the molecule is C[C@H](OC(=O)[C@H](CCC(=O)O)NC(=O)CCO)C(=O)OC1=CC[C@@]2(O)[C@H]3Cc4ccc(O)c5c4C2(CCN3C)C1O5. The zero-order valence-corrected chi connectivity index (χ0v) is 22.8. The third-order valence-corrected chi connectivity index (χ3v) is 8.80. The number of amides is 1. The number of esters is 2. The first-order valence-electron chi connectivity index (χ1n) is 13.6. The van der Waals surface area contributed by atoms with Gasteiger partial charge in [0, 0.05) is 30.9 Å². The molecule has 1 aromatic rings. The monoisotopic (exact) mass is 574 g/mol. The van der Waals surface area contributed by atoms with Crippen molar-refractivity contribution in [3.8, 4) is 11.5 Å². The van der Waals surface area contributed by atoms with Gasteiger partial charge in [-0.25, -0.2) is 9.59 Å². The molecule has 1 aromatic carbocycles. The van der Waals surface area contributed by atoms with Crippen molar-refractivity contribution < 1.29 is 53.8 Å². The zero-order chi connectivity index (χ0) is 29.7. The Kier molecular flexibility index (Phi) is 7.47. The minimum absolute atomic E-state index is 0.0733. The normalized spacial score (nSPS) is 28.8. The fourth-order valence-corrected chi connectivity index (χ4v) is 6.83. The maximum atomic E-state index is 13.1. The van der Waals surface area contributed by atoms with E-state index in [9.17, 15) is 29.4 Å². The molecule has 2 unspecified atom stereocenters. The molecule has 2 aliphatic heterocycles. The van der Waals surface area contributed by atoms with Crippen LogP contribution in [0.5, 0.6) is 11.5 Å². The van der Waals surface area contributed by atoms with Crippen LogP contribution in [0, 0.1) is 0 Å². The fraction of sp³-hybridized carbons (Fsp3) is 0.571. The third kappa shape index (κ3) is 4.61. The number of ether oxygens (including phenoxy) is 3. The summed E-state index contributed by atoms with van der Waals surface area (Å²) in [6.07, 6.45) is -0.545. The highest BCUT2D eigenvalue weighted by molar-refractivity contribution is 5.87. The van der Waals surface area contributed by atoms with Crippen molar-refractivity contribution in [3.05, 3.63) is 35.1 Å². The first kappa shape index (κ1) is 28.8. The molecule has 5 N–H and O–H groups in total. The number of aliphatic hydroxyl groups excluding tert-OH is 1. The maximum absolute atomic E-state index is 13.1. The predicted octanol–water partition coefficient (Wildman–Crippen LogP) is -0.123. The number of hydrogen-bond acceptors (Lipinski definition) is 11. The van der Waals surface area contributed by atoms with Gasteiger partial charge in [0.05, 0.1) is 17.6 Å². The van der Waals surface area contributed by atoms with Gasteiger partial charge in [0.2, 0.25) is 5.91 Å². The lowest BCUT2D eigenvalue weighted by molar-refractivity contribution is -0.176. The summed E-state index contributed by atoms with van der Waals surface area (Å²) < 4.78 is 17.2. The number of likely N-dealkylation sites (N-methyl/N-ethyl adjacent to an activating group) is 1. The molecule has 1 spiro atoms. The summed E-state index contributed by atoms with van der Waals surface area (Å²) in [6, 6.07) is 1.82. The minimum atomic E-state index is -1.44. The lowest BCUT2D eigenvalue weighted by Gasteiger charge is -2.61. The number of carboxylic acids is 1. The van der Waals surface area contributed by atoms with Gasteiger partial charge < -0.3 is 44.9 Å². The fourth-order valence-electron chi connectivity index (χ4n) is 6.83. The molecule has 13 heteroatoms. The van der Waals surface area contributed by atoms with E-state index in [4.69, 9.17) is 24.4 Å². The number of aliphatic hydroxyl groups is 2. The summed E-state index contributed by atoms with van der Waals surface area (Å²) >= 11 is 0. The van der Waals surface area contributed by atoms with Gasteiger partial charge >= 0.3 is 17.9 Å². The second-order valence-corrected chi connectivity index (χ2v) is 11.1. The molecular weight excluding hydrogens is 540 g/mol. The Morgan fingerprint density at radius 3 is 2.68 bits per heavy atom. The number of aliphatic carboxylic acids is 1. The molecule has 1 fully saturated rings. The minimum Gasteiger partial charge on any atom is -0.504 e. The number of rotatable bonds is 10. The number of benzene rings is 1. The van der Waals surface area contributed by atoms with Crippen LogP contribution in [-0.4, -0.2) is 99.2 Å². The Morgan fingerprint density at radius 2 is 1.98 bits per heavy atom. The van der Waals surface area contributed by atoms with Gasteiger partial charge in [0.1, 0.15) is 11.8 Å². The molecule has 13 nitrogen and oxygen atoms in total. The van der Waals surface area contributed by atoms with Crippen molar-refractivity contribution in [2.75, 3.05) is 20.2 Å². The van der Waals surface area contributed by atoms with Gasteiger partial charge in [-0.1, -0.05) is 6.07 Å². The molecule has 0 aromatic heterocycles. The van der Waals surface area contributed by atoms with Gasteiger partial charge in [-0.2, -0.15) is 0 Å². The van der Waals surface area contributed by atoms with Crippen LogP contribution < -0.4 is 10.1 Å².